The van der Waals surface area contributed by atoms with Gasteiger partial charge in [0.05, 0.1) is 25.7 Å². The first-order valence-electron chi connectivity index (χ1n) is 24.4. The van der Waals surface area contributed by atoms with Crippen molar-refractivity contribution in [3.8, 4) is 0 Å². The van der Waals surface area contributed by atoms with Crippen molar-refractivity contribution < 1.29 is 25.3 Å². The topological polar surface area (TPSA) is 359 Å². The van der Waals surface area contributed by atoms with Crippen LogP contribution in [-0.4, -0.2) is 88.8 Å². The van der Waals surface area contributed by atoms with Gasteiger partial charge in [0.15, 0.2) is 0 Å². The van der Waals surface area contributed by atoms with Crippen molar-refractivity contribution in [2.75, 3.05) is 40.7 Å². The molecule has 0 saturated heterocycles. The van der Waals surface area contributed by atoms with Gasteiger partial charge in [-0.3, -0.25) is 9.36 Å². The lowest BCUT2D eigenvalue weighted by atomic mass is 10.2. The van der Waals surface area contributed by atoms with Crippen LogP contribution in [0.5, 0.6) is 0 Å². The summed E-state index contributed by atoms with van der Waals surface area (Å²) in [5.41, 5.74) is 14.9. The Balaban J connectivity index is 0.000000208. The smallest absolute Gasteiger partial charge is 0.238 e. The molecule has 31 heteroatoms. The van der Waals surface area contributed by atoms with Crippen molar-refractivity contribution in [3.05, 3.63) is 171 Å². The fourth-order valence-corrected chi connectivity index (χ4v) is 10.5. The summed E-state index contributed by atoms with van der Waals surface area (Å²) >= 11 is 16.5. The van der Waals surface area contributed by atoms with E-state index in [1.54, 1.807) is 75.5 Å². The third-order valence-corrected chi connectivity index (χ3v) is 15.9. The SMILES string of the molecule is CNc1ccc2c(C)n(C)nc2c1.Cc1ccc(N)cc1S(N)(=O)=O.Cc1ccc(Nc2nccc(Cl)n2)cc1S(N)(=O)=O.Cc1ccc(Nc2nccc(N(C)c3ccc4c(C)n(C)nc4c3)n2)cc1S(N)(=O)=O.Cl.Clc1ccnc(Cl)n1. The maximum atomic E-state index is 11.8. The zero-order valence-corrected chi connectivity index (χ0v) is 52.1. The number of nitrogens with one attached hydrogen (secondary N) is 3. The summed E-state index contributed by atoms with van der Waals surface area (Å²) < 4.78 is 72.0. The highest BCUT2D eigenvalue weighted by atomic mass is 35.5. The predicted octanol–water partition coefficient (Wildman–Crippen LogP) is 9.32. The number of sulfonamides is 3. The number of hydrogen-bond acceptors (Lipinski definition) is 19. The van der Waals surface area contributed by atoms with Gasteiger partial charge in [-0.1, -0.05) is 41.4 Å². The number of hydrogen-bond donors (Lipinski definition) is 7. The van der Waals surface area contributed by atoms with E-state index in [0.717, 1.165) is 33.5 Å². The second-order valence-electron chi connectivity index (χ2n) is 18.1. The van der Waals surface area contributed by atoms with E-state index in [9.17, 15) is 25.3 Å². The summed E-state index contributed by atoms with van der Waals surface area (Å²) in [5, 5.41) is 36.5. The maximum absolute atomic E-state index is 11.8. The number of halogens is 4. The Bertz CT molecular complexity index is 4310. The number of nitrogens with two attached hydrogens (primary N) is 4. The normalized spacial score (nSPS) is 11.0. The highest BCUT2D eigenvalue weighted by molar-refractivity contribution is 7.89. The number of anilines is 8. The van der Waals surface area contributed by atoms with Crippen molar-refractivity contribution in [1.82, 2.24) is 49.5 Å². The molecule has 11 N–H and O–H groups in total. The van der Waals surface area contributed by atoms with E-state index in [4.69, 9.17) is 56.0 Å². The molecule has 0 radical (unpaired) electrons. The van der Waals surface area contributed by atoms with Crippen LogP contribution in [0.1, 0.15) is 28.1 Å². The second kappa shape index (κ2) is 28.6. The summed E-state index contributed by atoms with van der Waals surface area (Å²) in [6.07, 6.45) is 4.63. The number of aryl methyl sites for hydroxylation is 7. The minimum atomic E-state index is -3.82. The van der Waals surface area contributed by atoms with E-state index in [1.807, 2.05) is 67.6 Å². The molecular formula is C53H60Cl4N18O6S3. The van der Waals surface area contributed by atoms with Crippen LogP contribution in [0.4, 0.5) is 46.2 Å². The minimum absolute atomic E-state index is 0. The summed E-state index contributed by atoms with van der Waals surface area (Å²) in [6.45, 7) is 9.13. The molecule has 0 spiro atoms. The zero-order chi connectivity index (χ0) is 61.1. The molecule has 444 valence electrons. The second-order valence-corrected chi connectivity index (χ2v) is 23.8. The van der Waals surface area contributed by atoms with Gasteiger partial charge < -0.3 is 26.6 Å². The molecule has 10 rings (SSSR count). The molecule has 24 nitrogen and oxygen atoms in total. The highest BCUT2D eigenvalue weighted by Gasteiger charge is 2.16. The van der Waals surface area contributed by atoms with E-state index < -0.39 is 30.1 Å². The Labute approximate surface area is 507 Å². The van der Waals surface area contributed by atoms with Crippen LogP contribution in [-0.2, 0) is 44.2 Å². The van der Waals surface area contributed by atoms with Crippen molar-refractivity contribution in [2.45, 2.75) is 49.3 Å². The molecule has 10 aromatic rings. The van der Waals surface area contributed by atoms with E-state index in [1.165, 1.54) is 47.7 Å². The van der Waals surface area contributed by atoms with E-state index >= 15 is 0 Å². The van der Waals surface area contributed by atoms with Gasteiger partial charge in [-0.15, -0.1) is 12.4 Å². The molecule has 5 aromatic carbocycles. The number of benzene rings is 5. The Morgan fingerprint density at radius 3 is 1.39 bits per heavy atom. The van der Waals surface area contributed by atoms with Crippen LogP contribution in [0.2, 0.25) is 15.6 Å². The molecule has 0 aliphatic carbocycles. The van der Waals surface area contributed by atoms with Crippen LogP contribution < -0.4 is 42.0 Å². The molecule has 0 saturated carbocycles. The molecule has 0 unspecified atom stereocenters. The van der Waals surface area contributed by atoms with Crippen molar-refractivity contribution in [3.63, 3.8) is 0 Å². The molecule has 0 aliphatic rings. The predicted molar refractivity (Wildman–Crippen MR) is 336 cm³/mol. The number of rotatable bonds is 10. The fraction of sp³-hybridized carbons (Fsp3) is 0.170. The van der Waals surface area contributed by atoms with E-state index in [-0.39, 0.29) is 43.5 Å². The first-order valence-corrected chi connectivity index (χ1v) is 30.1. The number of nitrogens with zero attached hydrogens (tertiary/aromatic N) is 11. The van der Waals surface area contributed by atoms with Gasteiger partial charge in [0.25, 0.3) is 0 Å². The third kappa shape index (κ3) is 18.3. The zero-order valence-electron chi connectivity index (χ0n) is 46.6. The minimum Gasteiger partial charge on any atom is -0.399 e. The van der Waals surface area contributed by atoms with Gasteiger partial charge in [0, 0.05) is 97.4 Å². The fourth-order valence-electron chi connectivity index (χ4n) is 7.61. The lowest BCUT2D eigenvalue weighted by molar-refractivity contribution is 0.595. The molecule has 0 atom stereocenters. The number of fused-ring (bicyclic) bond motifs is 2. The average Bonchev–Trinajstić information content (AvgIpc) is 4.10. The van der Waals surface area contributed by atoms with Crippen LogP contribution >= 0.6 is 47.2 Å². The summed E-state index contributed by atoms with van der Waals surface area (Å²) in [5.74, 6) is 1.28. The largest absolute Gasteiger partial charge is 0.399 e. The van der Waals surface area contributed by atoms with E-state index in [0.29, 0.717) is 50.7 Å². The Hall–Kier alpha value is -7.83. The van der Waals surface area contributed by atoms with Gasteiger partial charge in [0.2, 0.25) is 47.3 Å². The first kappa shape index (κ1) is 67.0. The lowest BCUT2D eigenvalue weighted by Crippen LogP contribution is -2.14. The van der Waals surface area contributed by atoms with Gasteiger partial charge in [0.1, 0.15) is 16.1 Å². The van der Waals surface area contributed by atoms with Crippen LogP contribution in [0, 0.1) is 34.6 Å². The van der Waals surface area contributed by atoms with Gasteiger partial charge in [-0.25, -0.2) is 65.6 Å². The molecule has 0 aliphatic heterocycles. The number of nitrogen functional groups attached to an aromatic ring is 1. The van der Waals surface area contributed by atoms with Crippen LogP contribution in [0.3, 0.4) is 0 Å². The average molecular weight is 1280 g/mol. The van der Waals surface area contributed by atoms with Crippen LogP contribution in [0.15, 0.2) is 142 Å². The molecule has 5 aromatic heterocycles. The van der Waals surface area contributed by atoms with Gasteiger partial charge >= 0.3 is 0 Å². The Morgan fingerprint density at radius 1 is 0.512 bits per heavy atom. The third-order valence-electron chi connectivity index (χ3n) is 12.1. The summed E-state index contributed by atoms with van der Waals surface area (Å²) in [6, 6.07) is 31.5. The summed E-state index contributed by atoms with van der Waals surface area (Å²) in [4.78, 5) is 26.0. The molecule has 0 bridgehead atoms. The molecule has 5 heterocycles. The van der Waals surface area contributed by atoms with Crippen molar-refractivity contribution in [2.24, 2.45) is 29.5 Å². The van der Waals surface area contributed by atoms with Gasteiger partial charge in [-0.05, 0) is 154 Å². The van der Waals surface area contributed by atoms with E-state index in [2.05, 4.69) is 81.2 Å². The maximum Gasteiger partial charge on any atom is 0.238 e. The number of primary sulfonamides is 3. The van der Waals surface area contributed by atoms with Crippen LogP contribution in [0.25, 0.3) is 21.8 Å². The Morgan fingerprint density at radius 2 is 0.940 bits per heavy atom. The number of aromatic nitrogens is 10. The lowest BCUT2D eigenvalue weighted by Gasteiger charge is -2.19. The molecular weight excluding hydrogens is 1220 g/mol. The quantitative estimate of drug-likeness (QED) is 0.0381. The monoisotopic (exact) mass is 1280 g/mol. The molecule has 0 amide bonds. The standard InChI is InChI=1S/C21H23N7O2S.C11H11ClN4O2S.C10H13N3.C7H10N2O2S.C4H2Cl2N2.ClH/c1-13-5-6-15(11-19(13)31(22,29)30)24-21-23-10-9-20(25-21)27(3)16-7-8-17-14(2)28(4)26-18(17)12-16;1-7-2-3-8(6-9(7)19(13,17)18)15-11-14-5-4-10(12)16-11;1-7-9-5-4-8(11-2)6-10(9)12-13(7)3;1-5-2-3-6(8)4-7(5)12(9,10)11;5-3-1-2-7-4(6)8-3;/h5-12H,1-4H3,(H2,22,29,30)(H,23,24,25);2-6H,1H3,(H2,13,17,18)(H,14,15,16);4-6,11H,1-3H3;2-4H,8H2,1H3,(H2,9,10,11);1-2H;1H. The summed E-state index contributed by atoms with van der Waals surface area (Å²) in [7, 11) is -3.51. The Kier molecular flexibility index (Phi) is 22.8. The van der Waals surface area contributed by atoms with Crippen molar-refractivity contribution in [1.29, 1.82) is 0 Å². The highest BCUT2D eigenvalue weighted by Crippen LogP contribution is 2.29. The molecule has 84 heavy (non-hydrogen) atoms. The first-order chi connectivity index (χ1) is 38.9. The van der Waals surface area contributed by atoms with Crippen molar-refractivity contribution >= 4 is 145 Å². The molecule has 0 fully saturated rings. The van der Waals surface area contributed by atoms with Gasteiger partial charge in [-0.2, -0.15) is 15.2 Å².